The van der Waals surface area contributed by atoms with Gasteiger partial charge in [0.15, 0.2) is 0 Å². The number of piperazine rings is 1. The van der Waals surface area contributed by atoms with Gasteiger partial charge in [-0.2, -0.15) is 5.10 Å². The van der Waals surface area contributed by atoms with Crippen LogP contribution in [0.1, 0.15) is 11.1 Å². The number of halogens is 1. The second kappa shape index (κ2) is 6.62. The van der Waals surface area contributed by atoms with E-state index in [-0.39, 0.29) is 5.56 Å². The Hall–Kier alpha value is -1.66. The number of benzene rings is 1. The molecule has 2 aromatic rings. The summed E-state index contributed by atoms with van der Waals surface area (Å²) in [5.74, 6) is 0. The zero-order chi connectivity index (χ0) is 15.5. The van der Waals surface area contributed by atoms with Crippen molar-refractivity contribution in [3.05, 3.63) is 56.4 Å². The molecule has 3 rings (SSSR count). The molecular formula is C16H19BrN4O. The van der Waals surface area contributed by atoms with Crippen molar-refractivity contribution in [1.82, 2.24) is 15.1 Å². The van der Waals surface area contributed by atoms with E-state index in [1.807, 2.05) is 0 Å². The molecule has 1 aromatic heterocycles. The molecule has 0 spiro atoms. The summed E-state index contributed by atoms with van der Waals surface area (Å²) in [5.41, 5.74) is 3.25. The van der Waals surface area contributed by atoms with Crippen LogP contribution in [-0.2, 0) is 6.54 Å². The van der Waals surface area contributed by atoms with E-state index in [2.05, 4.69) is 67.1 Å². The number of aromatic nitrogens is 2. The van der Waals surface area contributed by atoms with Crippen molar-refractivity contribution in [3.8, 4) is 0 Å². The van der Waals surface area contributed by atoms with Crippen molar-refractivity contribution >= 4 is 21.6 Å². The van der Waals surface area contributed by atoms with E-state index in [1.165, 1.54) is 11.1 Å². The molecule has 1 aliphatic rings. The van der Waals surface area contributed by atoms with Gasteiger partial charge >= 0.3 is 0 Å². The van der Waals surface area contributed by atoms with Crippen LogP contribution in [0.2, 0.25) is 0 Å². The number of hydrogen-bond acceptors (Lipinski definition) is 4. The van der Waals surface area contributed by atoms with Crippen molar-refractivity contribution in [1.29, 1.82) is 0 Å². The van der Waals surface area contributed by atoms with Gasteiger partial charge in [0.2, 0.25) is 0 Å². The molecule has 0 amide bonds. The molecule has 0 aliphatic carbocycles. The van der Waals surface area contributed by atoms with Gasteiger partial charge in [0.05, 0.1) is 10.7 Å². The lowest BCUT2D eigenvalue weighted by Gasteiger charge is -2.36. The van der Waals surface area contributed by atoms with E-state index in [0.717, 1.165) is 37.2 Å². The highest BCUT2D eigenvalue weighted by Crippen LogP contribution is 2.22. The number of nitrogens with one attached hydrogen (secondary N) is 1. The van der Waals surface area contributed by atoms with Crippen LogP contribution in [-0.4, -0.2) is 41.3 Å². The monoisotopic (exact) mass is 362 g/mol. The van der Waals surface area contributed by atoms with Crippen molar-refractivity contribution < 1.29 is 0 Å². The highest BCUT2D eigenvalue weighted by atomic mass is 79.9. The molecule has 5 nitrogen and oxygen atoms in total. The average molecular weight is 363 g/mol. The maximum atomic E-state index is 12.0. The van der Waals surface area contributed by atoms with E-state index in [9.17, 15) is 4.79 Å². The third kappa shape index (κ3) is 3.23. The summed E-state index contributed by atoms with van der Waals surface area (Å²) < 4.78 is 0.753. The maximum absolute atomic E-state index is 12.0. The van der Waals surface area contributed by atoms with Crippen LogP contribution in [0.3, 0.4) is 0 Å². The zero-order valence-electron chi connectivity index (χ0n) is 12.6. The third-order valence-corrected chi connectivity index (χ3v) is 4.71. The Morgan fingerprint density at radius 2 is 1.95 bits per heavy atom. The third-order valence-electron chi connectivity index (χ3n) is 4.13. The van der Waals surface area contributed by atoms with Gasteiger partial charge in [-0.1, -0.05) is 24.3 Å². The predicted molar refractivity (Wildman–Crippen MR) is 91.2 cm³/mol. The van der Waals surface area contributed by atoms with Crippen molar-refractivity contribution in [2.24, 2.45) is 0 Å². The smallest absolute Gasteiger partial charge is 0.288 e. The fourth-order valence-corrected chi connectivity index (χ4v) is 3.36. The summed E-state index contributed by atoms with van der Waals surface area (Å²) in [6.45, 7) is 6.70. The average Bonchev–Trinajstić information content (AvgIpc) is 2.51. The number of aromatic amines is 1. The van der Waals surface area contributed by atoms with E-state index in [4.69, 9.17) is 0 Å². The summed E-state index contributed by atoms with van der Waals surface area (Å²) in [7, 11) is 0. The summed E-state index contributed by atoms with van der Waals surface area (Å²) >= 11 is 3.42. The van der Waals surface area contributed by atoms with Gasteiger partial charge in [-0.25, -0.2) is 5.10 Å². The van der Waals surface area contributed by atoms with Gasteiger partial charge in [0.25, 0.3) is 5.56 Å². The van der Waals surface area contributed by atoms with Crippen LogP contribution in [0.15, 0.2) is 39.7 Å². The van der Waals surface area contributed by atoms with Gasteiger partial charge in [-0.05, 0) is 34.0 Å². The van der Waals surface area contributed by atoms with Gasteiger partial charge in [0, 0.05) is 32.7 Å². The Morgan fingerprint density at radius 3 is 2.64 bits per heavy atom. The Bertz CT molecular complexity index is 707. The molecule has 1 N–H and O–H groups in total. The summed E-state index contributed by atoms with van der Waals surface area (Å²) in [4.78, 5) is 16.5. The molecule has 0 unspecified atom stereocenters. The topological polar surface area (TPSA) is 52.2 Å². The predicted octanol–water partition coefficient (Wildman–Crippen LogP) is 2.16. The fourth-order valence-electron chi connectivity index (χ4n) is 2.82. The quantitative estimate of drug-likeness (QED) is 0.908. The van der Waals surface area contributed by atoms with Gasteiger partial charge in [-0.3, -0.25) is 9.69 Å². The molecule has 0 saturated carbocycles. The number of hydrogen-bond donors (Lipinski definition) is 1. The molecule has 22 heavy (non-hydrogen) atoms. The largest absolute Gasteiger partial charge is 0.364 e. The molecule has 6 heteroatoms. The first-order chi connectivity index (χ1) is 10.6. The Kier molecular flexibility index (Phi) is 4.59. The fraction of sp³-hybridized carbons (Fsp3) is 0.375. The normalized spacial score (nSPS) is 16.0. The SMILES string of the molecule is Cc1ccccc1CN1CCN(c2c(Br)cn[nH]c2=O)CC1. The van der Waals surface area contributed by atoms with Crippen LogP contribution in [0.5, 0.6) is 0 Å². The standard InChI is InChI=1S/C16H19BrN4O/c1-12-4-2-3-5-13(12)11-20-6-8-21(9-7-20)15-14(17)10-18-19-16(15)22/h2-5,10H,6-9,11H2,1H3,(H,19,22). The van der Waals surface area contributed by atoms with Crippen LogP contribution in [0.25, 0.3) is 0 Å². The van der Waals surface area contributed by atoms with E-state index < -0.39 is 0 Å². The number of H-pyrrole nitrogens is 1. The van der Waals surface area contributed by atoms with Crippen molar-refractivity contribution in [2.45, 2.75) is 13.5 Å². The highest BCUT2D eigenvalue weighted by molar-refractivity contribution is 9.10. The lowest BCUT2D eigenvalue weighted by atomic mass is 10.1. The molecule has 0 atom stereocenters. The first kappa shape index (κ1) is 15.2. The molecule has 1 aliphatic heterocycles. The van der Waals surface area contributed by atoms with Crippen LogP contribution in [0.4, 0.5) is 5.69 Å². The van der Waals surface area contributed by atoms with Crippen molar-refractivity contribution in [2.75, 3.05) is 31.1 Å². The summed E-state index contributed by atoms with van der Waals surface area (Å²) in [5, 5.41) is 6.30. The number of rotatable bonds is 3. The van der Waals surface area contributed by atoms with Crippen LogP contribution < -0.4 is 10.5 Å². The maximum Gasteiger partial charge on any atom is 0.288 e. The molecular weight excluding hydrogens is 344 g/mol. The second-order valence-electron chi connectivity index (χ2n) is 5.59. The van der Waals surface area contributed by atoms with E-state index >= 15 is 0 Å². The minimum atomic E-state index is -0.137. The summed E-state index contributed by atoms with van der Waals surface area (Å²) in [6.07, 6.45) is 1.64. The lowest BCUT2D eigenvalue weighted by molar-refractivity contribution is 0.249. The number of anilines is 1. The Labute approximate surface area is 138 Å². The number of aryl methyl sites for hydroxylation is 1. The molecule has 1 fully saturated rings. The van der Waals surface area contributed by atoms with Crippen LogP contribution in [0, 0.1) is 6.92 Å². The molecule has 1 saturated heterocycles. The highest BCUT2D eigenvalue weighted by Gasteiger charge is 2.21. The van der Waals surface area contributed by atoms with Crippen LogP contribution >= 0.6 is 15.9 Å². The van der Waals surface area contributed by atoms with Gasteiger partial charge in [0.1, 0.15) is 5.69 Å². The molecule has 2 heterocycles. The molecule has 0 radical (unpaired) electrons. The van der Waals surface area contributed by atoms with E-state index in [0.29, 0.717) is 5.69 Å². The number of nitrogens with zero attached hydrogens (tertiary/aromatic N) is 3. The summed E-state index contributed by atoms with van der Waals surface area (Å²) in [6, 6.07) is 8.50. The molecule has 1 aromatic carbocycles. The first-order valence-corrected chi connectivity index (χ1v) is 8.19. The van der Waals surface area contributed by atoms with Crippen molar-refractivity contribution in [3.63, 3.8) is 0 Å². The van der Waals surface area contributed by atoms with Gasteiger partial charge in [-0.15, -0.1) is 0 Å². The lowest BCUT2D eigenvalue weighted by Crippen LogP contribution is -2.47. The molecule has 116 valence electrons. The zero-order valence-corrected chi connectivity index (χ0v) is 14.1. The Morgan fingerprint density at radius 1 is 1.23 bits per heavy atom. The second-order valence-corrected chi connectivity index (χ2v) is 6.44. The first-order valence-electron chi connectivity index (χ1n) is 7.40. The minimum Gasteiger partial charge on any atom is -0.364 e. The van der Waals surface area contributed by atoms with E-state index in [1.54, 1.807) is 6.20 Å². The Balaban J connectivity index is 1.66. The minimum absolute atomic E-state index is 0.137. The van der Waals surface area contributed by atoms with Gasteiger partial charge < -0.3 is 4.90 Å². The molecule has 0 bridgehead atoms.